The van der Waals surface area contributed by atoms with Gasteiger partial charge in [0.25, 0.3) is 15.9 Å². The molecular weight excluding hydrogens is 460 g/mol. The van der Waals surface area contributed by atoms with Crippen LogP contribution in [0, 0.1) is 0 Å². The smallest absolute Gasteiger partial charge is 0.328 e. The molecule has 0 aromatic heterocycles. The van der Waals surface area contributed by atoms with E-state index in [1.54, 1.807) is 6.07 Å². The van der Waals surface area contributed by atoms with Gasteiger partial charge in [-0.2, -0.15) is 0 Å². The molecule has 2 aliphatic heterocycles. The fourth-order valence-electron chi connectivity index (χ4n) is 4.50. The van der Waals surface area contributed by atoms with Crippen LogP contribution in [0.1, 0.15) is 57.6 Å². The van der Waals surface area contributed by atoms with E-state index in [9.17, 15) is 22.8 Å². The van der Waals surface area contributed by atoms with Crippen LogP contribution in [0.4, 0.5) is 9.59 Å². The van der Waals surface area contributed by atoms with Crippen LogP contribution in [-0.2, 0) is 21.2 Å². The number of aryl methyl sites for hydroxylation is 1. The molecular formula is C23H32N4O6S. The van der Waals surface area contributed by atoms with E-state index in [-0.39, 0.29) is 23.3 Å². The van der Waals surface area contributed by atoms with Gasteiger partial charge in [0.1, 0.15) is 5.75 Å². The first kappa shape index (κ1) is 25.5. The Kier molecular flexibility index (Phi) is 7.54. The molecule has 0 spiro atoms. The number of ether oxygens (including phenoxy) is 1. The summed E-state index contributed by atoms with van der Waals surface area (Å²) in [7, 11) is -2.79. The number of carbonyl (C=O) groups excluding carboxylic acids is 3. The molecule has 5 amide bonds. The molecule has 0 saturated heterocycles. The molecule has 2 heterocycles. The quantitative estimate of drug-likeness (QED) is 0.558. The van der Waals surface area contributed by atoms with E-state index in [0.29, 0.717) is 48.3 Å². The Morgan fingerprint density at radius 1 is 1.24 bits per heavy atom. The van der Waals surface area contributed by atoms with Crippen LogP contribution < -0.4 is 20.1 Å². The number of amides is 5. The summed E-state index contributed by atoms with van der Waals surface area (Å²) in [4.78, 5) is 38.3. The fraction of sp³-hybridized carbons (Fsp3) is 0.522. The third kappa shape index (κ3) is 4.89. The summed E-state index contributed by atoms with van der Waals surface area (Å²) in [5.74, 6) is 0.0272. The minimum atomic E-state index is -4.12. The highest BCUT2D eigenvalue weighted by Gasteiger charge is 2.35. The van der Waals surface area contributed by atoms with Crippen LogP contribution in [0.5, 0.6) is 5.75 Å². The van der Waals surface area contributed by atoms with Gasteiger partial charge in [0.15, 0.2) is 0 Å². The van der Waals surface area contributed by atoms with Crippen molar-refractivity contribution >= 4 is 28.0 Å². The zero-order chi connectivity index (χ0) is 25.2. The molecule has 1 aromatic carbocycles. The van der Waals surface area contributed by atoms with E-state index >= 15 is 0 Å². The molecule has 0 saturated carbocycles. The predicted molar refractivity (Wildman–Crippen MR) is 126 cm³/mol. The van der Waals surface area contributed by atoms with Gasteiger partial charge in [-0.25, -0.2) is 22.7 Å². The van der Waals surface area contributed by atoms with Gasteiger partial charge in [-0.05, 0) is 56.4 Å². The maximum absolute atomic E-state index is 12.9. The summed E-state index contributed by atoms with van der Waals surface area (Å²) in [5.41, 5.74) is 2.69. The van der Waals surface area contributed by atoms with Gasteiger partial charge < -0.3 is 15.4 Å². The first-order valence-corrected chi connectivity index (χ1v) is 12.9. The number of hydrogen-bond acceptors (Lipinski definition) is 6. The molecule has 11 heteroatoms. The van der Waals surface area contributed by atoms with Crippen molar-refractivity contribution < 1.29 is 27.5 Å². The van der Waals surface area contributed by atoms with E-state index in [2.05, 4.69) is 10.6 Å². The summed E-state index contributed by atoms with van der Waals surface area (Å²) in [5, 5.41) is 5.15. The normalized spacial score (nSPS) is 18.8. The number of fused-ring (bicyclic) bond motifs is 1. The molecule has 3 rings (SSSR count). The maximum Gasteiger partial charge on any atom is 0.328 e. The van der Waals surface area contributed by atoms with Crippen LogP contribution >= 0.6 is 0 Å². The molecule has 2 aliphatic rings. The van der Waals surface area contributed by atoms with Gasteiger partial charge >= 0.3 is 12.1 Å². The lowest BCUT2D eigenvalue weighted by atomic mass is 9.86. The van der Waals surface area contributed by atoms with E-state index in [0.717, 1.165) is 5.57 Å². The van der Waals surface area contributed by atoms with Crippen molar-refractivity contribution in [2.24, 2.45) is 0 Å². The van der Waals surface area contributed by atoms with E-state index < -0.39 is 28.1 Å². The number of rotatable bonds is 6. The number of imide groups is 1. The summed E-state index contributed by atoms with van der Waals surface area (Å²) >= 11 is 0. The Balaban J connectivity index is 1.88. The number of sulfonamides is 1. The zero-order valence-electron chi connectivity index (χ0n) is 20.1. The molecule has 2 atom stereocenters. The monoisotopic (exact) mass is 492 g/mol. The average Bonchev–Trinajstić information content (AvgIpc) is 3.10. The molecule has 2 unspecified atom stereocenters. The van der Waals surface area contributed by atoms with Gasteiger partial charge in [0, 0.05) is 30.1 Å². The molecule has 0 aliphatic carbocycles. The second-order valence-electron chi connectivity index (χ2n) is 8.52. The Hall–Kier alpha value is -3.08. The van der Waals surface area contributed by atoms with E-state index in [1.807, 2.05) is 32.4 Å². The highest BCUT2D eigenvalue weighted by atomic mass is 32.2. The summed E-state index contributed by atoms with van der Waals surface area (Å²) in [6, 6.07) is 1.49. The van der Waals surface area contributed by atoms with Crippen molar-refractivity contribution in [1.82, 2.24) is 20.3 Å². The largest absolute Gasteiger partial charge is 0.493 e. The highest BCUT2D eigenvalue weighted by Crippen LogP contribution is 2.39. The summed E-state index contributed by atoms with van der Waals surface area (Å²) in [6.07, 6.45) is 1.53. The number of hydrogen-bond donors (Lipinski definition) is 3. The van der Waals surface area contributed by atoms with Gasteiger partial charge in [-0.1, -0.05) is 13.8 Å². The minimum Gasteiger partial charge on any atom is -0.493 e. The van der Waals surface area contributed by atoms with Crippen LogP contribution in [-0.4, -0.2) is 57.5 Å². The first-order chi connectivity index (χ1) is 16.0. The standard InChI is InChI=1S/C23H32N4O6S/c1-6-15-10-19-18(11-20(15)34(31,32)26-22(29)24-5)17(8-9-33-19)14(4)25-23(30)27-12-13(3)16(7-2)21(27)28/h10-11,14,17H,6-9,12H2,1-5H3,(H,25,30)(H2,24,26,29). The maximum atomic E-state index is 12.9. The number of benzene rings is 1. The zero-order valence-corrected chi connectivity index (χ0v) is 21.0. The Labute approximate surface area is 200 Å². The number of nitrogens with zero attached hydrogens (tertiary/aromatic N) is 1. The van der Waals surface area contributed by atoms with Crippen molar-refractivity contribution in [2.45, 2.75) is 63.8 Å². The third-order valence-corrected chi connectivity index (χ3v) is 7.78. The predicted octanol–water partition coefficient (Wildman–Crippen LogP) is 2.40. The second kappa shape index (κ2) is 10.0. The molecule has 3 N–H and O–H groups in total. The van der Waals surface area contributed by atoms with Gasteiger partial charge in [0.05, 0.1) is 18.0 Å². The SMILES string of the molecule is CCC1=C(C)CN(C(=O)NC(C)C2CCOc3cc(CC)c(S(=O)(=O)NC(=O)NC)cc32)C1=O. The fourth-order valence-corrected chi connectivity index (χ4v) is 5.78. The Morgan fingerprint density at radius 2 is 1.94 bits per heavy atom. The van der Waals surface area contributed by atoms with Crippen molar-refractivity contribution in [3.63, 3.8) is 0 Å². The third-order valence-electron chi connectivity index (χ3n) is 6.37. The highest BCUT2D eigenvalue weighted by molar-refractivity contribution is 7.90. The number of carbonyl (C=O) groups is 3. The van der Waals surface area contributed by atoms with Gasteiger partial charge in [-0.15, -0.1) is 0 Å². The van der Waals surface area contributed by atoms with Gasteiger partial charge in [-0.3, -0.25) is 9.69 Å². The Morgan fingerprint density at radius 3 is 2.53 bits per heavy atom. The number of urea groups is 2. The molecule has 10 nitrogen and oxygen atoms in total. The summed E-state index contributed by atoms with van der Waals surface area (Å²) in [6.45, 7) is 8.05. The molecule has 1 aromatic rings. The lowest BCUT2D eigenvalue weighted by Gasteiger charge is -2.32. The average molecular weight is 493 g/mol. The second-order valence-corrected chi connectivity index (χ2v) is 10.2. The van der Waals surface area contributed by atoms with Crippen molar-refractivity contribution in [3.05, 3.63) is 34.4 Å². The van der Waals surface area contributed by atoms with Crippen LogP contribution in [0.3, 0.4) is 0 Å². The minimum absolute atomic E-state index is 0.00601. The van der Waals surface area contributed by atoms with E-state index in [1.165, 1.54) is 18.0 Å². The van der Waals surface area contributed by atoms with Crippen LogP contribution in [0.2, 0.25) is 0 Å². The van der Waals surface area contributed by atoms with Crippen molar-refractivity contribution in [1.29, 1.82) is 0 Å². The molecule has 186 valence electrons. The van der Waals surface area contributed by atoms with Gasteiger partial charge in [0.2, 0.25) is 0 Å². The molecule has 0 bridgehead atoms. The number of nitrogens with one attached hydrogen (secondary N) is 3. The van der Waals surface area contributed by atoms with Crippen LogP contribution in [0.15, 0.2) is 28.2 Å². The van der Waals surface area contributed by atoms with Crippen LogP contribution in [0.25, 0.3) is 0 Å². The molecule has 0 radical (unpaired) electrons. The van der Waals surface area contributed by atoms with Crippen molar-refractivity contribution in [2.75, 3.05) is 20.2 Å². The molecule has 0 fully saturated rings. The lowest BCUT2D eigenvalue weighted by molar-refractivity contribution is -0.123. The molecule has 34 heavy (non-hydrogen) atoms. The lowest BCUT2D eigenvalue weighted by Crippen LogP contribution is -2.47. The van der Waals surface area contributed by atoms with Crippen molar-refractivity contribution in [3.8, 4) is 5.75 Å². The van der Waals surface area contributed by atoms with E-state index in [4.69, 9.17) is 4.74 Å². The summed E-state index contributed by atoms with van der Waals surface area (Å²) < 4.78 is 33.6. The Bertz CT molecular complexity index is 1140. The topological polar surface area (TPSA) is 134 Å². The first-order valence-electron chi connectivity index (χ1n) is 11.4.